The summed E-state index contributed by atoms with van der Waals surface area (Å²) < 4.78 is 13.0. The van der Waals surface area contributed by atoms with Crippen molar-refractivity contribution >= 4 is 29.4 Å². The van der Waals surface area contributed by atoms with E-state index in [2.05, 4.69) is 10.6 Å². The zero-order valence-electron chi connectivity index (χ0n) is 11.4. The lowest BCUT2D eigenvalue weighted by Gasteiger charge is -2.08. The highest BCUT2D eigenvalue weighted by molar-refractivity contribution is 6.30. The summed E-state index contributed by atoms with van der Waals surface area (Å²) in [6.45, 7) is 1.85. The van der Waals surface area contributed by atoms with E-state index in [1.54, 1.807) is 36.4 Å². The van der Waals surface area contributed by atoms with E-state index < -0.39 is 0 Å². The second kappa shape index (κ2) is 6.90. The van der Waals surface area contributed by atoms with Gasteiger partial charge in [-0.15, -0.1) is 0 Å². The van der Waals surface area contributed by atoms with Crippen molar-refractivity contribution in [1.82, 2.24) is 5.32 Å². The normalized spacial score (nSPS) is 10.6. The van der Waals surface area contributed by atoms with E-state index in [0.717, 1.165) is 5.56 Å². The van der Waals surface area contributed by atoms with Crippen LogP contribution in [0.5, 0.6) is 0 Å². The minimum atomic E-state index is -0.381. The molecule has 0 heterocycles. The number of benzene rings is 2. The number of hydrogen-bond acceptors (Lipinski definition) is 1. The Hall–Kier alpha value is -2.33. The number of urea groups is 1. The van der Waals surface area contributed by atoms with E-state index in [1.165, 1.54) is 18.3 Å². The monoisotopic (exact) mass is 304 g/mol. The topological polar surface area (TPSA) is 41.1 Å². The second-order valence-electron chi connectivity index (χ2n) is 4.45. The van der Waals surface area contributed by atoms with Gasteiger partial charge in [0.1, 0.15) is 5.82 Å². The van der Waals surface area contributed by atoms with Crippen molar-refractivity contribution in [3.8, 4) is 0 Å². The summed E-state index contributed by atoms with van der Waals surface area (Å²) in [6.07, 6.45) is 3.06. The Morgan fingerprint density at radius 3 is 2.76 bits per heavy atom. The van der Waals surface area contributed by atoms with Gasteiger partial charge in [-0.2, -0.15) is 0 Å². The maximum Gasteiger partial charge on any atom is 0.323 e. The SMILES string of the molecule is Cc1cc(Cl)ccc1NC(=O)N/C=C/c1cccc(F)c1. The fraction of sp³-hybridized carbons (Fsp3) is 0.0625. The molecule has 0 spiro atoms. The third-order valence-corrected chi connectivity index (χ3v) is 3.01. The summed E-state index contributed by atoms with van der Waals surface area (Å²) in [5.74, 6) is -0.321. The summed E-state index contributed by atoms with van der Waals surface area (Å²) in [5, 5.41) is 5.87. The predicted octanol–water partition coefficient (Wildman–Crippen LogP) is 4.58. The molecule has 0 atom stereocenters. The molecule has 0 aliphatic heterocycles. The Bertz CT molecular complexity index is 686. The number of carbonyl (C=O) groups is 1. The second-order valence-corrected chi connectivity index (χ2v) is 4.88. The van der Waals surface area contributed by atoms with Crippen LogP contribution in [0.25, 0.3) is 6.08 Å². The maximum atomic E-state index is 13.0. The lowest BCUT2D eigenvalue weighted by atomic mass is 10.2. The first-order valence-corrected chi connectivity index (χ1v) is 6.68. The van der Waals surface area contributed by atoms with Gasteiger partial charge in [0, 0.05) is 16.9 Å². The van der Waals surface area contributed by atoms with Crippen LogP contribution in [0.2, 0.25) is 5.02 Å². The third kappa shape index (κ3) is 4.61. The number of halogens is 2. The standard InChI is InChI=1S/C16H14ClFN2O/c1-11-9-13(17)5-6-15(11)20-16(21)19-8-7-12-3-2-4-14(18)10-12/h2-10H,1H3,(H2,19,20,21)/b8-7+. The van der Waals surface area contributed by atoms with Crippen LogP contribution in [0.15, 0.2) is 48.7 Å². The van der Waals surface area contributed by atoms with E-state index in [9.17, 15) is 9.18 Å². The maximum absolute atomic E-state index is 13.0. The molecule has 0 saturated heterocycles. The Morgan fingerprint density at radius 2 is 2.05 bits per heavy atom. The molecule has 0 fully saturated rings. The number of aryl methyl sites for hydroxylation is 1. The van der Waals surface area contributed by atoms with Crippen molar-refractivity contribution in [1.29, 1.82) is 0 Å². The van der Waals surface area contributed by atoms with Gasteiger partial charge in [0.05, 0.1) is 0 Å². The highest BCUT2D eigenvalue weighted by atomic mass is 35.5. The van der Waals surface area contributed by atoms with E-state index in [-0.39, 0.29) is 11.8 Å². The lowest BCUT2D eigenvalue weighted by Crippen LogP contribution is -2.24. The molecule has 0 aromatic heterocycles. The van der Waals surface area contributed by atoms with Gasteiger partial charge in [-0.05, 0) is 54.5 Å². The first-order valence-electron chi connectivity index (χ1n) is 6.30. The van der Waals surface area contributed by atoms with Crippen LogP contribution in [0.4, 0.5) is 14.9 Å². The molecule has 2 aromatic rings. The van der Waals surface area contributed by atoms with E-state index in [0.29, 0.717) is 16.3 Å². The Morgan fingerprint density at radius 1 is 1.24 bits per heavy atom. The van der Waals surface area contributed by atoms with Gasteiger partial charge < -0.3 is 10.6 Å². The smallest absolute Gasteiger partial charge is 0.314 e. The van der Waals surface area contributed by atoms with Gasteiger partial charge >= 0.3 is 6.03 Å². The van der Waals surface area contributed by atoms with Crippen molar-refractivity contribution in [2.75, 3.05) is 5.32 Å². The average Bonchev–Trinajstić information content (AvgIpc) is 2.42. The van der Waals surface area contributed by atoms with Crippen molar-refractivity contribution in [3.05, 3.63) is 70.6 Å². The van der Waals surface area contributed by atoms with Crippen LogP contribution >= 0.6 is 11.6 Å². The highest BCUT2D eigenvalue weighted by Crippen LogP contribution is 2.19. The molecule has 2 rings (SSSR count). The molecule has 0 saturated carbocycles. The number of carbonyl (C=O) groups excluding carboxylic acids is 1. The Balaban J connectivity index is 1.93. The largest absolute Gasteiger partial charge is 0.323 e. The molecule has 2 N–H and O–H groups in total. The van der Waals surface area contributed by atoms with Gasteiger partial charge in [0.15, 0.2) is 0 Å². The van der Waals surface area contributed by atoms with Gasteiger partial charge in [0.2, 0.25) is 0 Å². The zero-order valence-corrected chi connectivity index (χ0v) is 12.1. The number of anilines is 1. The molecule has 0 unspecified atom stereocenters. The van der Waals surface area contributed by atoms with Gasteiger partial charge in [-0.25, -0.2) is 9.18 Å². The number of hydrogen-bond donors (Lipinski definition) is 2. The van der Waals surface area contributed by atoms with Crippen LogP contribution in [0, 0.1) is 12.7 Å². The van der Waals surface area contributed by atoms with E-state index >= 15 is 0 Å². The molecule has 0 aliphatic carbocycles. The fourth-order valence-electron chi connectivity index (χ4n) is 1.75. The molecular formula is C16H14ClFN2O. The first-order chi connectivity index (χ1) is 10.0. The summed E-state index contributed by atoms with van der Waals surface area (Å²) in [4.78, 5) is 11.7. The summed E-state index contributed by atoms with van der Waals surface area (Å²) in [6, 6.07) is 10.9. The summed E-state index contributed by atoms with van der Waals surface area (Å²) >= 11 is 5.85. The first kappa shape index (κ1) is 15.1. The number of amides is 2. The molecule has 2 aromatic carbocycles. The molecule has 3 nitrogen and oxygen atoms in total. The lowest BCUT2D eigenvalue weighted by molar-refractivity contribution is 0.255. The molecule has 2 amide bonds. The van der Waals surface area contributed by atoms with E-state index in [4.69, 9.17) is 11.6 Å². The van der Waals surface area contributed by atoms with Crippen molar-refractivity contribution < 1.29 is 9.18 Å². The molecule has 21 heavy (non-hydrogen) atoms. The molecule has 0 aliphatic rings. The van der Waals surface area contributed by atoms with Crippen LogP contribution in [0.1, 0.15) is 11.1 Å². The Kier molecular flexibility index (Phi) is 4.95. The number of rotatable bonds is 3. The zero-order chi connectivity index (χ0) is 15.2. The average molecular weight is 305 g/mol. The van der Waals surface area contributed by atoms with Crippen molar-refractivity contribution in [2.45, 2.75) is 6.92 Å². The van der Waals surface area contributed by atoms with Crippen molar-refractivity contribution in [2.24, 2.45) is 0 Å². The van der Waals surface area contributed by atoms with Crippen LogP contribution in [-0.4, -0.2) is 6.03 Å². The van der Waals surface area contributed by atoms with Crippen LogP contribution in [0.3, 0.4) is 0 Å². The molecule has 0 radical (unpaired) electrons. The predicted molar refractivity (Wildman–Crippen MR) is 83.8 cm³/mol. The minimum absolute atomic E-state index is 0.321. The molecule has 108 valence electrons. The number of nitrogens with one attached hydrogen (secondary N) is 2. The Labute approximate surface area is 127 Å². The highest BCUT2D eigenvalue weighted by Gasteiger charge is 2.03. The van der Waals surface area contributed by atoms with Gasteiger partial charge in [0.25, 0.3) is 0 Å². The molecular weight excluding hydrogens is 291 g/mol. The minimum Gasteiger partial charge on any atom is -0.314 e. The molecule has 5 heteroatoms. The summed E-state index contributed by atoms with van der Waals surface area (Å²) in [5.41, 5.74) is 2.21. The summed E-state index contributed by atoms with van der Waals surface area (Å²) in [7, 11) is 0. The van der Waals surface area contributed by atoms with E-state index in [1.807, 2.05) is 6.92 Å². The fourth-order valence-corrected chi connectivity index (χ4v) is 1.98. The molecule has 0 bridgehead atoms. The third-order valence-electron chi connectivity index (χ3n) is 2.78. The quantitative estimate of drug-likeness (QED) is 0.856. The van der Waals surface area contributed by atoms with Gasteiger partial charge in [-0.3, -0.25) is 0 Å². The van der Waals surface area contributed by atoms with Gasteiger partial charge in [-0.1, -0.05) is 23.7 Å². The van der Waals surface area contributed by atoms with Crippen molar-refractivity contribution in [3.63, 3.8) is 0 Å². The van der Waals surface area contributed by atoms with Crippen LogP contribution < -0.4 is 10.6 Å². The van der Waals surface area contributed by atoms with Crippen LogP contribution in [-0.2, 0) is 0 Å².